The van der Waals surface area contributed by atoms with Crippen LogP contribution in [0.3, 0.4) is 0 Å². The Kier molecular flexibility index (Phi) is 3.83. The Balaban J connectivity index is 3.11. The van der Waals surface area contributed by atoms with Crippen LogP contribution < -0.4 is 4.74 Å². The molecule has 0 heterocycles. The van der Waals surface area contributed by atoms with Gasteiger partial charge in [-0.05, 0) is 24.6 Å². The first-order valence-electron chi connectivity index (χ1n) is 3.89. The van der Waals surface area contributed by atoms with Gasteiger partial charge in [0.2, 0.25) is 0 Å². The number of ether oxygens (including phenoxy) is 1. The molecule has 1 rings (SSSR count). The first-order chi connectivity index (χ1) is 6.54. The number of alkyl halides is 2. The summed E-state index contributed by atoms with van der Waals surface area (Å²) in [6, 6.07) is 3.13. The topological polar surface area (TPSA) is 29.5 Å². The van der Waals surface area contributed by atoms with Crippen molar-refractivity contribution in [2.45, 2.75) is 20.1 Å². The summed E-state index contributed by atoms with van der Waals surface area (Å²) in [4.78, 5) is 0. The molecule has 0 unspecified atom stereocenters. The van der Waals surface area contributed by atoms with Crippen molar-refractivity contribution in [2.24, 2.45) is 0 Å². The lowest BCUT2D eigenvalue weighted by Crippen LogP contribution is -2.05. The molecule has 0 aliphatic rings. The molecular weight excluding hydrogens is 258 g/mol. The van der Waals surface area contributed by atoms with E-state index in [9.17, 15) is 8.78 Å². The van der Waals surface area contributed by atoms with E-state index in [-0.39, 0.29) is 12.4 Å². The van der Waals surface area contributed by atoms with E-state index in [1.165, 1.54) is 6.07 Å². The summed E-state index contributed by atoms with van der Waals surface area (Å²) in [6.45, 7) is -1.48. The Labute approximate surface area is 88.6 Å². The zero-order valence-electron chi connectivity index (χ0n) is 7.43. The van der Waals surface area contributed by atoms with Gasteiger partial charge in [-0.3, -0.25) is 0 Å². The van der Waals surface area contributed by atoms with Crippen LogP contribution in [-0.4, -0.2) is 11.7 Å². The molecule has 5 heteroatoms. The van der Waals surface area contributed by atoms with Gasteiger partial charge in [-0.2, -0.15) is 8.78 Å². The van der Waals surface area contributed by atoms with Gasteiger partial charge < -0.3 is 9.84 Å². The zero-order chi connectivity index (χ0) is 10.7. The molecule has 14 heavy (non-hydrogen) atoms. The van der Waals surface area contributed by atoms with E-state index in [0.29, 0.717) is 15.6 Å². The van der Waals surface area contributed by atoms with Crippen molar-refractivity contribution in [3.05, 3.63) is 27.7 Å². The molecule has 0 aliphatic heterocycles. The van der Waals surface area contributed by atoms with E-state index in [0.717, 1.165) is 0 Å². The average Bonchev–Trinajstić information content (AvgIpc) is 2.01. The molecule has 0 fully saturated rings. The number of aliphatic hydroxyl groups is 1. The lowest BCUT2D eigenvalue weighted by atomic mass is 10.1. The van der Waals surface area contributed by atoms with Crippen molar-refractivity contribution in [3.8, 4) is 5.75 Å². The number of hydrogen-bond acceptors (Lipinski definition) is 2. The van der Waals surface area contributed by atoms with Gasteiger partial charge in [-0.15, -0.1) is 0 Å². The summed E-state index contributed by atoms with van der Waals surface area (Å²) in [5.74, 6) is 0.00868. The van der Waals surface area contributed by atoms with Crippen LogP contribution in [0.5, 0.6) is 5.75 Å². The lowest BCUT2D eigenvalue weighted by molar-refractivity contribution is -0.0510. The fraction of sp³-hybridized carbons (Fsp3) is 0.333. The summed E-state index contributed by atoms with van der Waals surface area (Å²) in [6.07, 6.45) is 0. The highest BCUT2D eigenvalue weighted by Gasteiger charge is 2.12. The van der Waals surface area contributed by atoms with Gasteiger partial charge >= 0.3 is 6.61 Å². The minimum atomic E-state index is -2.88. The highest BCUT2D eigenvalue weighted by Crippen LogP contribution is 2.28. The van der Waals surface area contributed by atoms with Crippen molar-refractivity contribution in [1.82, 2.24) is 0 Å². The van der Waals surface area contributed by atoms with Gasteiger partial charge in [0.15, 0.2) is 0 Å². The maximum Gasteiger partial charge on any atom is 0.387 e. The van der Waals surface area contributed by atoms with Crippen molar-refractivity contribution in [3.63, 3.8) is 0 Å². The number of hydrogen-bond donors (Lipinski definition) is 1. The Hall–Kier alpha value is -0.680. The molecule has 1 aromatic carbocycles. The Bertz CT molecular complexity index is 329. The zero-order valence-corrected chi connectivity index (χ0v) is 9.01. The minimum absolute atomic E-state index is 0.00868. The monoisotopic (exact) mass is 266 g/mol. The SMILES string of the molecule is Cc1cc(Br)cc(OC(F)F)c1CO. The predicted molar refractivity (Wildman–Crippen MR) is 51.4 cm³/mol. The lowest BCUT2D eigenvalue weighted by Gasteiger charge is -2.11. The second kappa shape index (κ2) is 4.70. The third-order valence-corrected chi connectivity index (χ3v) is 2.23. The highest BCUT2D eigenvalue weighted by atomic mass is 79.9. The molecule has 0 aliphatic carbocycles. The molecule has 1 N–H and O–H groups in total. The molecule has 0 saturated carbocycles. The molecule has 1 aromatic rings. The first kappa shape index (κ1) is 11.4. The van der Waals surface area contributed by atoms with E-state index in [1.807, 2.05) is 0 Å². The van der Waals surface area contributed by atoms with Crippen molar-refractivity contribution < 1.29 is 18.6 Å². The molecule has 0 atom stereocenters. The molecule has 0 bridgehead atoms. The van der Waals surface area contributed by atoms with Gasteiger partial charge in [0.25, 0.3) is 0 Å². The summed E-state index contributed by atoms with van der Waals surface area (Å²) in [5.41, 5.74) is 1.09. The molecule has 0 amide bonds. The number of aryl methyl sites for hydroxylation is 1. The molecule has 0 saturated heterocycles. The fourth-order valence-corrected chi connectivity index (χ4v) is 1.70. The predicted octanol–water partition coefficient (Wildman–Crippen LogP) is 2.85. The second-order valence-electron chi connectivity index (χ2n) is 2.74. The largest absolute Gasteiger partial charge is 0.434 e. The van der Waals surface area contributed by atoms with Crippen molar-refractivity contribution in [1.29, 1.82) is 0 Å². The third-order valence-electron chi connectivity index (χ3n) is 1.77. The summed E-state index contributed by atoms with van der Waals surface area (Å²) in [7, 11) is 0. The van der Waals surface area contributed by atoms with Gasteiger partial charge in [-0.25, -0.2) is 0 Å². The number of aliphatic hydroxyl groups excluding tert-OH is 1. The highest BCUT2D eigenvalue weighted by molar-refractivity contribution is 9.10. The second-order valence-corrected chi connectivity index (χ2v) is 3.65. The molecule has 0 radical (unpaired) electrons. The normalized spacial score (nSPS) is 10.7. The summed E-state index contributed by atoms with van der Waals surface area (Å²) in [5, 5.41) is 8.96. The third kappa shape index (κ3) is 2.65. The minimum Gasteiger partial charge on any atom is -0.434 e. The van der Waals surface area contributed by atoms with E-state index in [1.54, 1.807) is 13.0 Å². The number of halogens is 3. The quantitative estimate of drug-likeness (QED) is 0.912. The van der Waals surface area contributed by atoms with Gasteiger partial charge in [0.1, 0.15) is 5.75 Å². The van der Waals surface area contributed by atoms with Crippen LogP contribution in [0.1, 0.15) is 11.1 Å². The maximum atomic E-state index is 12.0. The van der Waals surface area contributed by atoms with E-state index in [2.05, 4.69) is 20.7 Å². The van der Waals surface area contributed by atoms with E-state index in [4.69, 9.17) is 5.11 Å². The van der Waals surface area contributed by atoms with Crippen LogP contribution in [0, 0.1) is 6.92 Å². The average molecular weight is 267 g/mol. The molecule has 0 spiro atoms. The molecule has 78 valence electrons. The fourth-order valence-electron chi connectivity index (χ4n) is 1.15. The van der Waals surface area contributed by atoms with Gasteiger partial charge in [-0.1, -0.05) is 15.9 Å². The Morgan fingerprint density at radius 3 is 2.64 bits per heavy atom. The smallest absolute Gasteiger partial charge is 0.387 e. The first-order valence-corrected chi connectivity index (χ1v) is 4.68. The van der Waals surface area contributed by atoms with E-state index >= 15 is 0 Å². The van der Waals surface area contributed by atoms with Crippen LogP contribution in [-0.2, 0) is 6.61 Å². The molecular formula is C9H9BrF2O2. The van der Waals surface area contributed by atoms with E-state index < -0.39 is 6.61 Å². The maximum absolute atomic E-state index is 12.0. The standard InChI is InChI=1S/C9H9BrF2O2/c1-5-2-6(10)3-8(7(5)4-13)14-9(11)12/h2-3,9,13H,4H2,1H3. The van der Waals surface area contributed by atoms with Gasteiger partial charge in [0.05, 0.1) is 6.61 Å². The number of benzene rings is 1. The summed E-state index contributed by atoms with van der Waals surface area (Å²) < 4.78 is 28.9. The Morgan fingerprint density at radius 1 is 1.50 bits per heavy atom. The van der Waals surface area contributed by atoms with Gasteiger partial charge in [0, 0.05) is 10.0 Å². The molecule has 0 aromatic heterocycles. The van der Waals surface area contributed by atoms with Crippen LogP contribution in [0.15, 0.2) is 16.6 Å². The van der Waals surface area contributed by atoms with Crippen LogP contribution in [0.25, 0.3) is 0 Å². The molecule has 2 nitrogen and oxygen atoms in total. The number of rotatable bonds is 3. The Morgan fingerprint density at radius 2 is 2.14 bits per heavy atom. The van der Waals surface area contributed by atoms with Crippen LogP contribution in [0.2, 0.25) is 0 Å². The van der Waals surface area contributed by atoms with Crippen LogP contribution in [0.4, 0.5) is 8.78 Å². The van der Waals surface area contributed by atoms with Crippen molar-refractivity contribution in [2.75, 3.05) is 0 Å². The summed E-state index contributed by atoms with van der Waals surface area (Å²) >= 11 is 3.16. The van der Waals surface area contributed by atoms with Crippen molar-refractivity contribution >= 4 is 15.9 Å². The van der Waals surface area contributed by atoms with Crippen LogP contribution >= 0.6 is 15.9 Å².